The highest BCUT2D eigenvalue weighted by Crippen LogP contribution is 2.38. The number of hydrogen-bond donors (Lipinski definition) is 1. The molecule has 260 valence electrons. The molecule has 55 heavy (non-hydrogen) atoms. The maximum atomic E-state index is 6.43. The summed E-state index contributed by atoms with van der Waals surface area (Å²) in [5.74, 6) is 0. The zero-order valence-corrected chi connectivity index (χ0v) is 30.1. The van der Waals surface area contributed by atoms with Gasteiger partial charge in [-0.3, -0.25) is 0 Å². The summed E-state index contributed by atoms with van der Waals surface area (Å²) < 4.78 is 4.71. The van der Waals surface area contributed by atoms with Crippen molar-refractivity contribution in [3.05, 3.63) is 217 Å². The molecule has 0 aliphatic carbocycles. The third kappa shape index (κ3) is 5.51. The van der Waals surface area contributed by atoms with Gasteiger partial charge in [-0.25, -0.2) is 4.99 Å². The Hall–Kier alpha value is -7.43. The molecule has 10 aromatic rings. The molecule has 2 N–H and O–H groups in total. The second-order valence-electron chi connectivity index (χ2n) is 13.9. The quantitative estimate of drug-likeness (QED) is 0.130. The molecule has 0 saturated carbocycles. The summed E-state index contributed by atoms with van der Waals surface area (Å²) in [6, 6.07) is 68.2. The van der Waals surface area contributed by atoms with Gasteiger partial charge in [0.1, 0.15) is 0 Å². The topological polar surface area (TPSA) is 48.2 Å². The molecule has 0 aliphatic heterocycles. The Labute approximate surface area is 319 Å². The van der Waals surface area contributed by atoms with Crippen LogP contribution in [-0.4, -0.2) is 14.8 Å². The van der Waals surface area contributed by atoms with Crippen LogP contribution in [0.25, 0.3) is 71.8 Å². The summed E-state index contributed by atoms with van der Waals surface area (Å²) in [6.07, 6.45) is 0. The third-order valence-electron chi connectivity index (χ3n) is 10.7. The Balaban J connectivity index is 1.04. The van der Waals surface area contributed by atoms with Crippen molar-refractivity contribution in [3.63, 3.8) is 0 Å². The molecular weight excluding hydrogens is 669 g/mol. The Kier molecular flexibility index (Phi) is 7.74. The lowest BCUT2D eigenvalue weighted by atomic mass is 10.0. The highest BCUT2D eigenvalue weighted by atomic mass is 15.0. The van der Waals surface area contributed by atoms with Crippen LogP contribution in [0.3, 0.4) is 0 Å². The molecule has 2 aromatic heterocycles. The number of nitrogens with zero attached hydrogens (tertiary/aromatic N) is 3. The SMILES string of the molecule is C=C(/N=C(/c1ccccc1)c1ccccc1N)c1ccc(-n2c3ccccc3c3cc(-c4ccc5c(c4)c4ccccc4n5-c4ccccc4)ccc32)cc1. The summed E-state index contributed by atoms with van der Waals surface area (Å²) in [7, 11) is 0. The number of fused-ring (bicyclic) bond motifs is 6. The molecule has 8 aromatic carbocycles. The summed E-state index contributed by atoms with van der Waals surface area (Å²) in [4.78, 5) is 5.07. The van der Waals surface area contributed by atoms with Gasteiger partial charge in [-0.2, -0.15) is 0 Å². The van der Waals surface area contributed by atoms with Gasteiger partial charge in [-0.05, 0) is 83.4 Å². The number of rotatable bonds is 7. The van der Waals surface area contributed by atoms with Crippen LogP contribution in [0.5, 0.6) is 0 Å². The van der Waals surface area contributed by atoms with Crippen LogP contribution in [0.4, 0.5) is 5.69 Å². The minimum absolute atomic E-state index is 0.671. The maximum absolute atomic E-state index is 6.43. The van der Waals surface area contributed by atoms with Gasteiger partial charge < -0.3 is 14.9 Å². The number of anilines is 1. The highest BCUT2D eigenvalue weighted by molar-refractivity contribution is 6.17. The Morgan fingerprint density at radius 1 is 0.418 bits per heavy atom. The number of aliphatic imine (C=N–C) groups is 1. The number of para-hydroxylation sites is 4. The molecule has 4 nitrogen and oxygen atoms in total. The van der Waals surface area contributed by atoms with E-state index in [1.54, 1.807) is 0 Å². The van der Waals surface area contributed by atoms with Crippen LogP contribution in [0, 0.1) is 0 Å². The first-order valence-corrected chi connectivity index (χ1v) is 18.5. The third-order valence-corrected chi connectivity index (χ3v) is 10.7. The van der Waals surface area contributed by atoms with E-state index in [0.29, 0.717) is 11.4 Å². The van der Waals surface area contributed by atoms with Crippen molar-refractivity contribution < 1.29 is 0 Å². The molecule has 0 bridgehead atoms. The molecule has 0 aliphatic rings. The number of hydrogen-bond acceptors (Lipinski definition) is 2. The van der Waals surface area contributed by atoms with Gasteiger partial charge in [0.15, 0.2) is 0 Å². The van der Waals surface area contributed by atoms with E-state index in [2.05, 4.69) is 167 Å². The van der Waals surface area contributed by atoms with E-state index in [1.165, 1.54) is 43.7 Å². The number of nitrogen functional groups attached to an aromatic ring is 1. The van der Waals surface area contributed by atoms with Gasteiger partial charge in [0.2, 0.25) is 0 Å². The maximum Gasteiger partial charge on any atom is 0.0802 e. The Morgan fingerprint density at radius 2 is 0.891 bits per heavy atom. The van der Waals surface area contributed by atoms with E-state index in [4.69, 9.17) is 10.7 Å². The fraction of sp³-hybridized carbons (Fsp3) is 0. The molecular formula is C51H36N4. The predicted octanol–water partition coefficient (Wildman–Crippen LogP) is 12.6. The van der Waals surface area contributed by atoms with Crippen LogP contribution in [0.2, 0.25) is 0 Å². The lowest BCUT2D eigenvalue weighted by Gasteiger charge is -2.12. The van der Waals surface area contributed by atoms with E-state index in [9.17, 15) is 0 Å². The summed E-state index contributed by atoms with van der Waals surface area (Å²) in [6.45, 7) is 4.39. The van der Waals surface area contributed by atoms with Crippen molar-refractivity contribution in [2.75, 3.05) is 5.73 Å². The number of benzene rings is 8. The number of aromatic nitrogens is 2. The molecule has 4 heteroatoms. The number of nitrogens with two attached hydrogens (primary N) is 1. The summed E-state index contributed by atoms with van der Waals surface area (Å²) >= 11 is 0. The van der Waals surface area contributed by atoms with E-state index in [0.717, 1.165) is 44.8 Å². The van der Waals surface area contributed by atoms with Gasteiger partial charge in [-0.1, -0.05) is 134 Å². The minimum Gasteiger partial charge on any atom is -0.398 e. The zero-order valence-electron chi connectivity index (χ0n) is 30.1. The second kappa shape index (κ2) is 13.2. The van der Waals surface area contributed by atoms with Crippen LogP contribution >= 0.6 is 0 Å². The normalized spacial score (nSPS) is 11.9. The van der Waals surface area contributed by atoms with Crippen molar-refractivity contribution in [2.24, 2.45) is 4.99 Å². The van der Waals surface area contributed by atoms with Crippen molar-refractivity contribution >= 4 is 60.7 Å². The van der Waals surface area contributed by atoms with E-state index in [-0.39, 0.29) is 0 Å². The molecule has 0 atom stereocenters. The largest absolute Gasteiger partial charge is 0.398 e. The monoisotopic (exact) mass is 704 g/mol. The minimum atomic E-state index is 0.671. The van der Waals surface area contributed by atoms with Crippen LogP contribution < -0.4 is 5.73 Å². The average molecular weight is 705 g/mol. The van der Waals surface area contributed by atoms with Gasteiger partial charge in [-0.15, -0.1) is 0 Å². The fourth-order valence-corrected chi connectivity index (χ4v) is 8.03. The van der Waals surface area contributed by atoms with Crippen molar-refractivity contribution in [1.82, 2.24) is 9.13 Å². The molecule has 10 rings (SSSR count). The second-order valence-corrected chi connectivity index (χ2v) is 13.9. The van der Waals surface area contributed by atoms with E-state index in [1.807, 2.05) is 42.5 Å². The highest BCUT2D eigenvalue weighted by Gasteiger charge is 2.17. The Morgan fingerprint density at radius 3 is 1.47 bits per heavy atom. The van der Waals surface area contributed by atoms with Crippen molar-refractivity contribution in [2.45, 2.75) is 0 Å². The molecule has 0 spiro atoms. The van der Waals surface area contributed by atoms with Gasteiger partial charge in [0.25, 0.3) is 0 Å². The van der Waals surface area contributed by atoms with Crippen molar-refractivity contribution in [3.8, 4) is 22.5 Å². The first kappa shape index (κ1) is 32.2. The Bertz CT molecular complexity index is 3090. The molecule has 0 unspecified atom stereocenters. The van der Waals surface area contributed by atoms with Gasteiger partial charge >= 0.3 is 0 Å². The standard InChI is InChI=1S/C51H36N4/c1-34(53-51(36-14-4-2-5-15-36)43-20-8-11-21-46(43)52)35-24-28-40(29-25-35)55-48-23-13-10-19-42(48)45-33-38(27-31-50(45)55)37-26-30-49-44(32-37)41-18-9-12-22-47(41)54(49)39-16-6-3-7-17-39/h2-33H,1,52H2/b53-51-. The van der Waals surface area contributed by atoms with Crippen molar-refractivity contribution in [1.29, 1.82) is 0 Å². The molecule has 0 radical (unpaired) electrons. The first-order valence-electron chi connectivity index (χ1n) is 18.5. The fourth-order valence-electron chi connectivity index (χ4n) is 8.03. The molecule has 0 saturated heterocycles. The molecule has 0 amide bonds. The zero-order chi connectivity index (χ0) is 36.9. The van der Waals surface area contributed by atoms with Gasteiger partial charge in [0, 0.05) is 49.7 Å². The average Bonchev–Trinajstić information content (AvgIpc) is 3.76. The summed E-state index contributed by atoms with van der Waals surface area (Å²) in [5, 5.41) is 4.92. The van der Waals surface area contributed by atoms with E-state index < -0.39 is 0 Å². The lowest BCUT2D eigenvalue weighted by molar-refractivity contribution is 1.18. The predicted molar refractivity (Wildman–Crippen MR) is 233 cm³/mol. The first-order chi connectivity index (χ1) is 27.1. The lowest BCUT2D eigenvalue weighted by Crippen LogP contribution is -2.07. The van der Waals surface area contributed by atoms with Crippen LogP contribution in [0.1, 0.15) is 16.7 Å². The molecule has 2 heterocycles. The van der Waals surface area contributed by atoms with Crippen LogP contribution in [0.15, 0.2) is 206 Å². The molecule has 0 fully saturated rings. The smallest absolute Gasteiger partial charge is 0.0802 e. The van der Waals surface area contributed by atoms with Gasteiger partial charge in [0.05, 0.1) is 33.5 Å². The summed E-state index contributed by atoms with van der Waals surface area (Å²) in [5.41, 5.74) is 20.7. The van der Waals surface area contributed by atoms with Crippen LogP contribution in [-0.2, 0) is 0 Å². The van der Waals surface area contributed by atoms with E-state index >= 15 is 0 Å².